The van der Waals surface area contributed by atoms with Crippen LogP contribution in [0.4, 0.5) is 0 Å². The van der Waals surface area contributed by atoms with Crippen molar-refractivity contribution in [3.63, 3.8) is 0 Å². The SMILES string of the molecule is CNC(=O)c1ccc2nnc(-c3ccc(Cl)cc3)n2c1. The summed E-state index contributed by atoms with van der Waals surface area (Å²) < 4.78 is 1.79. The Hall–Kier alpha value is -2.40. The lowest BCUT2D eigenvalue weighted by molar-refractivity contribution is 0.0962. The highest BCUT2D eigenvalue weighted by molar-refractivity contribution is 6.30. The Morgan fingerprint density at radius 3 is 2.60 bits per heavy atom. The van der Waals surface area contributed by atoms with Gasteiger partial charge >= 0.3 is 0 Å². The minimum Gasteiger partial charge on any atom is -0.355 e. The smallest absolute Gasteiger partial charge is 0.252 e. The summed E-state index contributed by atoms with van der Waals surface area (Å²) in [5, 5.41) is 11.5. The average molecular weight is 287 g/mol. The zero-order chi connectivity index (χ0) is 14.1. The van der Waals surface area contributed by atoms with E-state index in [-0.39, 0.29) is 5.91 Å². The van der Waals surface area contributed by atoms with Gasteiger partial charge in [0.05, 0.1) is 5.56 Å². The van der Waals surface area contributed by atoms with Crippen LogP contribution in [0.15, 0.2) is 42.6 Å². The molecule has 1 aromatic carbocycles. The standard InChI is InChI=1S/C14H11ClN4O/c1-16-14(20)10-4-7-12-17-18-13(19(12)8-10)9-2-5-11(15)6-3-9/h2-8H,1H3,(H,16,20). The number of benzene rings is 1. The molecule has 0 unspecified atom stereocenters. The number of hydrogen-bond donors (Lipinski definition) is 1. The highest BCUT2D eigenvalue weighted by Crippen LogP contribution is 2.21. The van der Waals surface area contributed by atoms with Crippen molar-refractivity contribution < 1.29 is 4.79 Å². The molecule has 0 radical (unpaired) electrons. The summed E-state index contributed by atoms with van der Waals surface area (Å²) in [5.74, 6) is 0.519. The van der Waals surface area contributed by atoms with E-state index >= 15 is 0 Å². The lowest BCUT2D eigenvalue weighted by Crippen LogP contribution is -2.18. The Morgan fingerprint density at radius 2 is 1.90 bits per heavy atom. The molecule has 1 amide bonds. The molecule has 5 nitrogen and oxygen atoms in total. The largest absolute Gasteiger partial charge is 0.355 e. The normalized spacial score (nSPS) is 10.7. The maximum atomic E-state index is 11.7. The number of carbonyl (C=O) groups is 1. The summed E-state index contributed by atoms with van der Waals surface area (Å²) >= 11 is 5.88. The van der Waals surface area contributed by atoms with Gasteiger partial charge in [-0.05, 0) is 36.4 Å². The molecule has 3 rings (SSSR count). The van der Waals surface area contributed by atoms with Crippen LogP contribution in [-0.4, -0.2) is 27.6 Å². The molecule has 0 saturated heterocycles. The van der Waals surface area contributed by atoms with E-state index in [4.69, 9.17) is 11.6 Å². The first-order valence-corrected chi connectivity index (χ1v) is 6.39. The van der Waals surface area contributed by atoms with Crippen LogP contribution < -0.4 is 5.32 Å². The number of nitrogens with zero attached hydrogens (tertiary/aromatic N) is 3. The van der Waals surface area contributed by atoms with Crippen molar-refractivity contribution in [2.75, 3.05) is 7.05 Å². The number of rotatable bonds is 2. The lowest BCUT2D eigenvalue weighted by Gasteiger charge is -2.03. The van der Waals surface area contributed by atoms with Crippen LogP contribution in [0.1, 0.15) is 10.4 Å². The first kappa shape index (κ1) is 12.6. The molecule has 0 aliphatic rings. The van der Waals surface area contributed by atoms with Crippen molar-refractivity contribution in [1.29, 1.82) is 0 Å². The molecule has 0 aliphatic heterocycles. The van der Waals surface area contributed by atoms with Crippen LogP contribution in [0.2, 0.25) is 5.02 Å². The second-order valence-electron chi connectivity index (χ2n) is 4.26. The van der Waals surface area contributed by atoms with Crippen molar-refractivity contribution in [1.82, 2.24) is 19.9 Å². The maximum Gasteiger partial charge on any atom is 0.252 e. The van der Waals surface area contributed by atoms with E-state index in [1.54, 1.807) is 41.9 Å². The van der Waals surface area contributed by atoms with E-state index in [0.717, 1.165) is 5.56 Å². The summed E-state index contributed by atoms with van der Waals surface area (Å²) in [7, 11) is 1.60. The van der Waals surface area contributed by atoms with Crippen molar-refractivity contribution in [3.05, 3.63) is 53.2 Å². The van der Waals surface area contributed by atoms with E-state index < -0.39 is 0 Å². The van der Waals surface area contributed by atoms with Gasteiger partial charge < -0.3 is 5.32 Å². The van der Waals surface area contributed by atoms with Gasteiger partial charge in [0.1, 0.15) is 0 Å². The first-order valence-electron chi connectivity index (χ1n) is 6.02. The average Bonchev–Trinajstić information content (AvgIpc) is 2.90. The lowest BCUT2D eigenvalue weighted by atomic mass is 10.2. The molecule has 2 aromatic heterocycles. The third-order valence-corrected chi connectivity index (χ3v) is 3.25. The van der Waals surface area contributed by atoms with Gasteiger partial charge in [0.15, 0.2) is 11.5 Å². The number of nitrogens with one attached hydrogen (secondary N) is 1. The minimum atomic E-state index is -0.150. The number of pyridine rings is 1. The van der Waals surface area contributed by atoms with Crippen LogP contribution in [0.3, 0.4) is 0 Å². The molecule has 0 fully saturated rings. The fraction of sp³-hybridized carbons (Fsp3) is 0.0714. The second kappa shape index (κ2) is 4.94. The molecule has 100 valence electrons. The number of hydrogen-bond acceptors (Lipinski definition) is 3. The molecule has 0 bridgehead atoms. The Labute approximate surface area is 120 Å². The molecule has 3 aromatic rings. The van der Waals surface area contributed by atoms with Gasteiger partial charge in [-0.3, -0.25) is 9.20 Å². The van der Waals surface area contributed by atoms with Crippen molar-refractivity contribution in [2.24, 2.45) is 0 Å². The second-order valence-corrected chi connectivity index (χ2v) is 4.69. The monoisotopic (exact) mass is 286 g/mol. The topological polar surface area (TPSA) is 59.3 Å². The molecule has 1 N–H and O–H groups in total. The summed E-state index contributed by atoms with van der Waals surface area (Å²) in [5.41, 5.74) is 2.12. The molecular formula is C14H11ClN4O. The quantitative estimate of drug-likeness (QED) is 0.787. The van der Waals surface area contributed by atoms with Gasteiger partial charge in [0.2, 0.25) is 0 Å². The Morgan fingerprint density at radius 1 is 1.15 bits per heavy atom. The van der Waals surface area contributed by atoms with Crippen LogP contribution >= 0.6 is 11.6 Å². The van der Waals surface area contributed by atoms with Crippen LogP contribution in [-0.2, 0) is 0 Å². The van der Waals surface area contributed by atoms with Crippen molar-refractivity contribution in [3.8, 4) is 11.4 Å². The highest BCUT2D eigenvalue weighted by atomic mass is 35.5. The fourth-order valence-electron chi connectivity index (χ4n) is 1.97. The predicted molar refractivity (Wildman–Crippen MR) is 76.8 cm³/mol. The maximum absolute atomic E-state index is 11.7. The van der Waals surface area contributed by atoms with Crippen LogP contribution in [0.5, 0.6) is 0 Å². The Bertz CT molecular complexity index is 779. The van der Waals surface area contributed by atoms with Crippen molar-refractivity contribution in [2.45, 2.75) is 0 Å². The third kappa shape index (κ3) is 2.12. The van der Waals surface area contributed by atoms with Crippen LogP contribution in [0.25, 0.3) is 17.0 Å². The molecule has 0 atom stereocenters. The third-order valence-electron chi connectivity index (χ3n) is 2.99. The number of halogens is 1. The molecule has 6 heteroatoms. The summed E-state index contributed by atoms with van der Waals surface area (Å²) in [6, 6.07) is 10.8. The minimum absolute atomic E-state index is 0.150. The molecular weight excluding hydrogens is 276 g/mol. The first-order chi connectivity index (χ1) is 9.69. The fourth-order valence-corrected chi connectivity index (χ4v) is 2.09. The molecule has 2 heterocycles. The number of carbonyl (C=O) groups excluding carboxylic acids is 1. The van der Waals surface area contributed by atoms with Crippen LogP contribution in [0, 0.1) is 0 Å². The van der Waals surface area contributed by atoms with Gasteiger partial charge in [-0.2, -0.15) is 0 Å². The van der Waals surface area contributed by atoms with Gasteiger partial charge in [-0.15, -0.1) is 10.2 Å². The van der Waals surface area contributed by atoms with E-state index in [1.165, 1.54) is 0 Å². The molecule has 0 spiro atoms. The summed E-state index contributed by atoms with van der Waals surface area (Å²) in [6.07, 6.45) is 1.72. The summed E-state index contributed by atoms with van der Waals surface area (Å²) in [6.45, 7) is 0. The van der Waals surface area contributed by atoms with Gasteiger partial charge in [-0.1, -0.05) is 11.6 Å². The van der Waals surface area contributed by atoms with E-state index in [9.17, 15) is 4.79 Å². The Balaban J connectivity index is 2.16. The Kier molecular flexibility index (Phi) is 3.12. The summed E-state index contributed by atoms with van der Waals surface area (Å²) in [4.78, 5) is 11.7. The molecule has 20 heavy (non-hydrogen) atoms. The number of fused-ring (bicyclic) bond motifs is 1. The highest BCUT2D eigenvalue weighted by Gasteiger charge is 2.10. The van der Waals surface area contributed by atoms with E-state index in [1.807, 2.05) is 12.1 Å². The van der Waals surface area contributed by atoms with E-state index in [0.29, 0.717) is 22.1 Å². The number of aromatic nitrogens is 3. The van der Waals surface area contributed by atoms with Gasteiger partial charge in [0.25, 0.3) is 5.91 Å². The zero-order valence-electron chi connectivity index (χ0n) is 10.7. The van der Waals surface area contributed by atoms with E-state index in [2.05, 4.69) is 15.5 Å². The zero-order valence-corrected chi connectivity index (χ0v) is 11.4. The van der Waals surface area contributed by atoms with Gasteiger partial charge in [-0.25, -0.2) is 0 Å². The predicted octanol–water partition coefficient (Wildman–Crippen LogP) is 2.41. The number of amides is 1. The van der Waals surface area contributed by atoms with Crippen molar-refractivity contribution >= 4 is 23.2 Å². The molecule has 0 aliphatic carbocycles. The molecule has 0 saturated carbocycles. The van der Waals surface area contributed by atoms with Gasteiger partial charge in [0, 0.05) is 23.8 Å².